The van der Waals surface area contributed by atoms with E-state index >= 15 is 0 Å². The molecule has 0 unspecified atom stereocenters. The minimum absolute atomic E-state index is 0.132. The predicted octanol–water partition coefficient (Wildman–Crippen LogP) is 6.51. The first-order chi connectivity index (χ1) is 9.35. The van der Waals surface area contributed by atoms with Crippen molar-refractivity contribution in [1.82, 2.24) is 0 Å². The van der Waals surface area contributed by atoms with Crippen molar-refractivity contribution >= 4 is 20.9 Å². The summed E-state index contributed by atoms with van der Waals surface area (Å²) in [5, 5.41) is 0. The van der Waals surface area contributed by atoms with E-state index in [4.69, 9.17) is 0 Å². The summed E-state index contributed by atoms with van der Waals surface area (Å²) in [4.78, 5) is 0. The number of allylic oxidation sites excluding steroid dienone is 4. The van der Waals surface area contributed by atoms with E-state index in [1.54, 1.807) is 0 Å². The maximum absolute atomic E-state index is 2.46. The van der Waals surface area contributed by atoms with Gasteiger partial charge in [-0.1, -0.05) is 0 Å². The molecule has 0 bridgehead atoms. The van der Waals surface area contributed by atoms with Crippen LogP contribution in [0.3, 0.4) is 0 Å². The van der Waals surface area contributed by atoms with Crippen LogP contribution in [0.1, 0.15) is 85.0 Å². The van der Waals surface area contributed by atoms with Crippen molar-refractivity contribution in [2.75, 3.05) is 0 Å². The Labute approximate surface area is 132 Å². The van der Waals surface area contributed by atoms with Gasteiger partial charge in [-0.15, -0.1) is 0 Å². The van der Waals surface area contributed by atoms with Crippen molar-refractivity contribution in [2.24, 2.45) is 0 Å². The van der Waals surface area contributed by atoms with Gasteiger partial charge in [0.15, 0.2) is 0 Å². The van der Waals surface area contributed by atoms with Crippen molar-refractivity contribution in [3.8, 4) is 0 Å². The van der Waals surface area contributed by atoms with Gasteiger partial charge < -0.3 is 0 Å². The Morgan fingerprint density at radius 3 is 2.26 bits per heavy atom. The Hall–Kier alpha value is 0.270. The minimum atomic E-state index is 0.132. The molecule has 0 spiro atoms. The topological polar surface area (TPSA) is 0 Å². The summed E-state index contributed by atoms with van der Waals surface area (Å²) >= 11 is 0.132. The zero-order valence-corrected chi connectivity index (χ0v) is 15.7. The molecule has 0 amide bonds. The van der Waals surface area contributed by atoms with Crippen LogP contribution in [-0.4, -0.2) is 20.9 Å². The molecule has 0 aromatic carbocycles. The van der Waals surface area contributed by atoms with Crippen molar-refractivity contribution in [1.29, 1.82) is 0 Å². The average Bonchev–Trinajstić information content (AvgIpc) is 2.42. The Bertz CT molecular complexity index is 228. The molecular weight excluding hydrogens is 344 g/mol. The molecular formula is C18H34Te. The van der Waals surface area contributed by atoms with E-state index in [1.165, 1.54) is 68.7 Å². The van der Waals surface area contributed by atoms with Crippen LogP contribution in [0.4, 0.5) is 0 Å². The third kappa shape index (κ3) is 14.5. The van der Waals surface area contributed by atoms with Gasteiger partial charge in [0.05, 0.1) is 0 Å². The molecule has 0 fully saturated rings. The number of hydrogen-bond acceptors (Lipinski definition) is 0. The number of unbranched alkanes of at least 4 members (excludes halogenated alkanes) is 6. The second kappa shape index (κ2) is 16.3. The van der Waals surface area contributed by atoms with Crippen molar-refractivity contribution in [3.63, 3.8) is 0 Å². The summed E-state index contributed by atoms with van der Waals surface area (Å²) in [6.45, 7) is 6.87. The van der Waals surface area contributed by atoms with Crippen molar-refractivity contribution in [3.05, 3.63) is 21.8 Å². The summed E-state index contributed by atoms with van der Waals surface area (Å²) < 4.78 is 3.31. The average molecular weight is 378 g/mol. The van der Waals surface area contributed by atoms with Gasteiger partial charge in [-0.3, -0.25) is 0 Å². The molecule has 0 saturated heterocycles. The Balaban J connectivity index is 3.99. The quantitative estimate of drug-likeness (QED) is 0.195. The van der Waals surface area contributed by atoms with E-state index in [9.17, 15) is 0 Å². The number of hydrogen-bond donors (Lipinski definition) is 0. The summed E-state index contributed by atoms with van der Waals surface area (Å²) in [5.74, 6) is 0. The zero-order valence-electron chi connectivity index (χ0n) is 13.4. The van der Waals surface area contributed by atoms with E-state index in [0.717, 1.165) is 0 Å². The molecule has 0 atom stereocenters. The first kappa shape index (κ1) is 19.3. The summed E-state index contributed by atoms with van der Waals surface area (Å²) in [6.07, 6.45) is 20.8. The summed E-state index contributed by atoms with van der Waals surface area (Å²) in [5.41, 5.74) is 0. The molecule has 0 heterocycles. The van der Waals surface area contributed by atoms with Gasteiger partial charge in [0, 0.05) is 0 Å². The Kier molecular flexibility index (Phi) is 16.6. The van der Waals surface area contributed by atoms with Crippen LogP contribution < -0.4 is 0 Å². The third-order valence-electron chi connectivity index (χ3n) is 3.20. The number of rotatable bonds is 13. The van der Waals surface area contributed by atoms with E-state index < -0.39 is 0 Å². The Morgan fingerprint density at radius 1 is 0.842 bits per heavy atom. The molecule has 1 heteroatoms. The van der Waals surface area contributed by atoms with Crippen LogP contribution in [0.15, 0.2) is 21.8 Å². The SMILES string of the molecule is CCCC/C=C/C=C(\CCCCCC)[Te]CCCC. The van der Waals surface area contributed by atoms with E-state index in [0.29, 0.717) is 0 Å². The first-order valence-electron chi connectivity index (χ1n) is 8.33. The van der Waals surface area contributed by atoms with Gasteiger partial charge in [-0.05, 0) is 0 Å². The van der Waals surface area contributed by atoms with Gasteiger partial charge in [-0.25, -0.2) is 0 Å². The molecule has 0 aromatic heterocycles. The molecule has 0 radical (unpaired) electrons. The Morgan fingerprint density at radius 2 is 1.58 bits per heavy atom. The second-order valence-corrected chi connectivity index (χ2v) is 8.70. The molecule has 0 saturated carbocycles. The predicted molar refractivity (Wildman–Crippen MR) is 91.0 cm³/mol. The van der Waals surface area contributed by atoms with Gasteiger partial charge in [-0.2, -0.15) is 0 Å². The second-order valence-electron chi connectivity index (χ2n) is 5.22. The van der Waals surface area contributed by atoms with Gasteiger partial charge in [0.2, 0.25) is 0 Å². The van der Waals surface area contributed by atoms with Crippen LogP contribution in [0, 0.1) is 0 Å². The fourth-order valence-corrected chi connectivity index (χ4v) is 5.18. The summed E-state index contributed by atoms with van der Waals surface area (Å²) in [7, 11) is 0. The van der Waals surface area contributed by atoms with Crippen LogP contribution >= 0.6 is 0 Å². The first-order valence-corrected chi connectivity index (χ1v) is 11.1. The van der Waals surface area contributed by atoms with E-state index in [2.05, 4.69) is 39.0 Å². The molecule has 0 aliphatic rings. The van der Waals surface area contributed by atoms with Crippen molar-refractivity contribution in [2.45, 2.75) is 89.4 Å². The molecule has 0 aliphatic carbocycles. The van der Waals surface area contributed by atoms with Gasteiger partial charge >= 0.3 is 132 Å². The van der Waals surface area contributed by atoms with E-state index in [1.807, 2.05) is 3.62 Å². The van der Waals surface area contributed by atoms with Gasteiger partial charge in [0.25, 0.3) is 0 Å². The fraction of sp³-hybridized carbons (Fsp3) is 0.778. The van der Waals surface area contributed by atoms with Crippen LogP contribution in [-0.2, 0) is 0 Å². The van der Waals surface area contributed by atoms with Crippen LogP contribution in [0.25, 0.3) is 0 Å². The standard InChI is InChI=1S/C18H34Te/c1-4-7-10-12-14-16-18(19-17-9-6-3)15-13-11-8-5-2/h12,14,16H,4-11,13,15,17H2,1-3H3/b14-12+,18-16+. The van der Waals surface area contributed by atoms with Crippen LogP contribution in [0.2, 0.25) is 4.47 Å². The molecule has 112 valence electrons. The summed E-state index contributed by atoms with van der Waals surface area (Å²) in [6, 6.07) is 0. The zero-order chi connectivity index (χ0) is 14.2. The molecule has 0 rings (SSSR count). The molecule has 19 heavy (non-hydrogen) atoms. The maximum atomic E-state index is 2.46. The monoisotopic (exact) mass is 380 g/mol. The fourth-order valence-electron chi connectivity index (χ4n) is 1.87. The third-order valence-corrected chi connectivity index (χ3v) is 6.64. The van der Waals surface area contributed by atoms with Crippen LogP contribution in [0.5, 0.6) is 0 Å². The molecule has 0 aliphatic heterocycles. The normalized spacial score (nSPS) is 12.5. The van der Waals surface area contributed by atoms with E-state index in [-0.39, 0.29) is 20.9 Å². The van der Waals surface area contributed by atoms with Gasteiger partial charge in [0.1, 0.15) is 0 Å². The molecule has 0 N–H and O–H groups in total. The van der Waals surface area contributed by atoms with Crippen molar-refractivity contribution < 1.29 is 0 Å². The molecule has 0 aromatic rings. The molecule has 0 nitrogen and oxygen atoms in total.